The number of aromatic nitrogens is 1. The lowest BCUT2D eigenvalue weighted by Gasteiger charge is -2.19. The van der Waals surface area contributed by atoms with Crippen LogP contribution in [0, 0.1) is 0 Å². The molecule has 0 bridgehead atoms. The molecule has 0 radical (unpaired) electrons. The van der Waals surface area contributed by atoms with Crippen LogP contribution in [0.4, 0.5) is 0 Å². The Balaban J connectivity index is 2.44. The average Bonchev–Trinajstić information content (AvgIpc) is 2.63. The molecular formula is C13H21NO2. The molecule has 0 spiro atoms. The fraction of sp³-hybridized carbons (Fsp3) is 0.615. The van der Waals surface area contributed by atoms with E-state index in [1.165, 1.54) is 0 Å². The second-order valence-electron chi connectivity index (χ2n) is 4.88. The highest BCUT2D eigenvalue weighted by Crippen LogP contribution is 2.08. The van der Waals surface area contributed by atoms with Gasteiger partial charge < -0.3 is 9.30 Å². The molecule has 1 rings (SSSR count). The predicted molar refractivity (Wildman–Crippen MR) is 64.8 cm³/mol. The third-order valence-corrected chi connectivity index (χ3v) is 2.28. The summed E-state index contributed by atoms with van der Waals surface area (Å²) in [6.45, 7) is 9.44. The standard InChI is InChI=1S/C13H21NO2/c1-5-12(15)11-6-7-14(10-11)8-9-16-13(2,3)4/h6-7,10H,5,8-9H2,1-4H3. The molecule has 3 nitrogen and oxygen atoms in total. The maximum atomic E-state index is 11.4. The van der Waals surface area contributed by atoms with E-state index < -0.39 is 0 Å². The van der Waals surface area contributed by atoms with Crippen molar-refractivity contribution in [3.63, 3.8) is 0 Å². The first kappa shape index (κ1) is 13.0. The zero-order chi connectivity index (χ0) is 12.2. The Morgan fingerprint density at radius 2 is 2.12 bits per heavy atom. The van der Waals surface area contributed by atoms with E-state index in [0.717, 1.165) is 12.1 Å². The molecule has 0 aliphatic carbocycles. The zero-order valence-electron chi connectivity index (χ0n) is 10.6. The van der Waals surface area contributed by atoms with Gasteiger partial charge in [-0.15, -0.1) is 0 Å². The summed E-state index contributed by atoms with van der Waals surface area (Å²) in [5, 5.41) is 0. The molecule has 1 aromatic rings. The first-order chi connectivity index (χ1) is 7.42. The summed E-state index contributed by atoms with van der Waals surface area (Å²) in [5.74, 6) is 0.190. The van der Waals surface area contributed by atoms with Crippen LogP contribution in [-0.2, 0) is 11.3 Å². The van der Waals surface area contributed by atoms with Crippen LogP contribution >= 0.6 is 0 Å². The van der Waals surface area contributed by atoms with E-state index in [1.807, 2.05) is 50.7 Å². The third-order valence-electron chi connectivity index (χ3n) is 2.28. The predicted octanol–water partition coefficient (Wildman–Crippen LogP) is 2.90. The Morgan fingerprint density at radius 3 is 2.69 bits per heavy atom. The highest BCUT2D eigenvalue weighted by molar-refractivity contribution is 5.95. The summed E-state index contributed by atoms with van der Waals surface area (Å²) in [4.78, 5) is 11.4. The lowest BCUT2D eigenvalue weighted by atomic mass is 10.2. The van der Waals surface area contributed by atoms with Gasteiger partial charge in [0.1, 0.15) is 0 Å². The second kappa shape index (κ2) is 5.30. The summed E-state index contributed by atoms with van der Waals surface area (Å²) in [6, 6.07) is 1.86. The molecule has 0 saturated heterocycles. The largest absolute Gasteiger partial charge is 0.374 e. The molecule has 0 aromatic carbocycles. The highest BCUT2D eigenvalue weighted by Gasteiger charge is 2.09. The minimum Gasteiger partial charge on any atom is -0.374 e. The summed E-state index contributed by atoms with van der Waals surface area (Å²) in [6.07, 6.45) is 4.37. The Labute approximate surface area is 97.4 Å². The Bertz CT molecular complexity index is 347. The minimum absolute atomic E-state index is 0.102. The highest BCUT2D eigenvalue weighted by atomic mass is 16.5. The lowest BCUT2D eigenvalue weighted by Crippen LogP contribution is -2.21. The molecule has 0 aliphatic heterocycles. The molecule has 1 heterocycles. The van der Waals surface area contributed by atoms with E-state index in [-0.39, 0.29) is 11.4 Å². The number of carbonyl (C=O) groups excluding carboxylic acids is 1. The van der Waals surface area contributed by atoms with Gasteiger partial charge in [-0.25, -0.2) is 0 Å². The monoisotopic (exact) mass is 223 g/mol. The summed E-state index contributed by atoms with van der Waals surface area (Å²) in [7, 11) is 0. The molecule has 3 heteroatoms. The molecule has 0 aliphatic rings. The second-order valence-corrected chi connectivity index (χ2v) is 4.88. The van der Waals surface area contributed by atoms with E-state index in [2.05, 4.69) is 0 Å². The van der Waals surface area contributed by atoms with Crippen LogP contribution in [0.15, 0.2) is 18.5 Å². The van der Waals surface area contributed by atoms with Crippen LogP contribution in [0.3, 0.4) is 0 Å². The SMILES string of the molecule is CCC(=O)c1ccn(CCOC(C)(C)C)c1. The van der Waals surface area contributed by atoms with E-state index in [9.17, 15) is 4.79 Å². The fourth-order valence-electron chi connectivity index (χ4n) is 1.41. The van der Waals surface area contributed by atoms with Gasteiger partial charge in [0.2, 0.25) is 0 Å². The minimum atomic E-state index is -0.102. The lowest BCUT2D eigenvalue weighted by molar-refractivity contribution is -0.00680. The first-order valence-electron chi connectivity index (χ1n) is 5.75. The average molecular weight is 223 g/mol. The molecule has 1 aromatic heterocycles. The molecule has 0 N–H and O–H groups in total. The van der Waals surface area contributed by atoms with Crippen LogP contribution in [0.25, 0.3) is 0 Å². The number of hydrogen-bond donors (Lipinski definition) is 0. The maximum Gasteiger partial charge on any atom is 0.164 e. The fourth-order valence-corrected chi connectivity index (χ4v) is 1.41. The van der Waals surface area contributed by atoms with E-state index in [4.69, 9.17) is 4.74 Å². The van der Waals surface area contributed by atoms with Crippen LogP contribution < -0.4 is 0 Å². The van der Waals surface area contributed by atoms with E-state index >= 15 is 0 Å². The van der Waals surface area contributed by atoms with Crippen LogP contribution in [0.5, 0.6) is 0 Å². The number of nitrogens with zero attached hydrogens (tertiary/aromatic N) is 1. The Kier molecular flexibility index (Phi) is 4.30. The molecule has 0 saturated carbocycles. The topological polar surface area (TPSA) is 31.2 Å². The van der Waals surface area contributed by atoms with Gasteiger partial charge >= 0.3 is 0 Å². The van der Waals surface area contributed by atoms with E-state index in [0.29, 0.717) is 13.0 Å². The summed E-state index contributed by atoms with van der Waals surface area (Å²) >= 11 is 0. The number of ether oxygens (including phenoxy) is 1. The van der Waals surface area contributed by atoms with Crippen molar-refractivity contribution in [2.45, 2.75) is 46.3 Å². The molecule has 0 fully saturated rings. The van der Waals surface area contributed by atoms with Gasteiger partial charge in [0, 0.05) is 30.9 Å². The van der Waals surface area contributed by atoms with Crippen molar-refractivity contribution in [3.8, 4) is 0 Å². The van der Waals surface area contributed by atoms with Gasteiger partial charge in [0.05, 0.1) is 12.2 Å². The Hall–Kier alpha value is -1.09. The Morgan fingerprint density at radius 1 is 1.44 bits per heavy atom. The number of rotatable bonds is 5. The van der Waals surface area contributed by atoms with Gasteiger partial charge in [-0.1, -0.05) is 6.92 Å². The van der Waals surface area contributed by atoms with Crippen molar-refractivity contribution in [2.75, 3.05) is 6.61 Å². The number of hydrogen-bond acceptors (Lipinski definition) is 2. The summed E-state index contributed by atoms with van der Waals surface area (Å²) in [5.41, 5.74) is 0.688. The van der Waals surface area contributed by atoms with Crippen molar-refractivity contribution in [1.29, 1.82) is 0 Å². The number of Topliss-reactive ketones (excluding diaryl/α,β-unsaturated/α-hetero) is 1. The van der Waals surface area contributed by atoms with Crippen molar-refractivity contribution in [1.82, 2.24) is 4.57 Å². The van der Waals surface area contributed by atoms with E-state index in [1.54, 1.807) is 0 Å². The smallest absolute Gasteiger partial charge is 0.164 e. The van der Waals surface area contributed by atoms with Gasteiger partial charge in [-0.05, 0) is 26.8 Å². The molecule has 90 valence electrons. The van der Waals surface area contributed by atoms with Gasteiger partial charge in [0.15, 0.2) is 5.78 Å². The maximum absolute atomic E-state index is 11.4. The number of carbonyl (C=O) groups is 1. The molecule has 0 atom stereocenters. The molecular weight excluding hydrogens is 202 g/mol. The first-order valence-corrected chi connectivity index (χ1v) is 5.75. The van der Waals surface area contributed by atoms with Crippen molar-refractivity contribution in [2.24, 2.45) is 0 Å². The molecule has 16 heavy (non-hydrogen) atoms. The van der Waals surface area contributed by atoms with Gasteiger partial charge in [-0.2, -0.15) is 0 Å². The quantitative estimate of drug-likeness (QED) is 0.719. The van der Waals surface area contributed by atoms with Crippen LogP contribution in [-0.4, -0.2) is 22.6 Å². The van der Waals surface area contributed by atoms with Gasteiger partial charge in [-0.3, -0.25) is 4.79 Å². The van der Waals surface area contributed by atoms with Crippen molar-refractivity contribution < 1.29 is 9.53 Å². The normalized spacial score (nSPS) is 11.8. The van der Waals surface area contributed by atoms with Crippen LogP contribution in [0.2, 0.25) is 0 Å². The van der Waals surface area contributed by atoms with Gasteiger partial charge in [0.25, 0.3) is 0 Å². The third kappa shape index (κ3) is 4.19. The van der Waals surface area contributed by atoms with Crippen molar-refractivity contribution in [3.05, 3.63) is 24.0 Å². The van der Waals surface area contributed by atoms with Crippen LogP contribution in [0.1, 0.15) is 44.5 Å². The van der Waals surface area contributed by atoms with Crippen molar-refractivity contribution >= 4 is 5.78 Å². The number of ketones is 1. The molecule has 0 unspecified atom stereocenters. The summed E-state index contributed by atoms with van der Waals surface area (Å²) < 4.78 is 7.62. The molecule has 0 amide bonds. The zero-order valence-corrected chi connectivity index (χ0v) is 10.6.